The molecule has 0 atom stereocenters. The fourth-order valence-corrected chi connectivity index (χ4v) is 1.61. The Morgan fingerprint density at radius 1 is 1.05 bits per heavy atom. The van der Waals surface area contributed by atoms with Gasteiger partial charge in [0.05, 0.1) is 27.5 Å². The van der Waals surface area contributed by atoms with E-state index in [9.17, 15) is 4.79 Å². The lowest BCUT2D eigenvalue weighted by atomic mass is 10.2. The van der Waals surface area contributed by atoms with Gasteiger partial charge in [-0.15, -0.1) is 0 Å². The molecule has 0 aromatic heterocycles. The Morgan fingerprint density at radius 2 is 1.59 bits per heavy atom. The SMILES string of the molecule is COc1cc(OC)c(OC)cc1/C=N/NC(=O)OC(C)(C)C. The third kappa shape index (κ3) is 5.16. The number of nitrogens with zero attached hydrogens (tertiary/aromatic N) is 1. The van der Waals surface area contributed by atoms with E-state index in [1.807, 2.05) is 0 Å². The molecule has 0 saturated heterocycles. The van der Waals surface area contributed by atoms with Gasteiger partial charge in [0, 0.05) is 11.6 Å². The molecule has 22 heavy (non-hydrogen) atoms. The van der Waals surface area contributed by atoms with Crippen LogP contribution in [0.2, 0.25) is 0 Å². The smallest absolute Gasteiger partial charge is 0.428 e. The van der Waals surface area contributed by atoms with Crippen LogP contribution in [-0.4, -0.2) is 39.2 Å². The highest BCUT2D eigenvalue weighted by atomic mass is 16.6. The first kappa shape index (κ1) is 17.6. The number of carbonyl (C=O) groups excluding carboxylic acids is 1. The first-order chi connectivity index (χ1) is 10.3. The van der Waals surface area contributed by atoms with E-state index in [0.717, 1.165) is 0 Å². The second kappa shape index (κ2) is 7.53. The summed E-state index contributed by atoms with van der Waals surface area (Å²) in [6, 6.07) is 3.37. The number of nitrogens with one attached hydrogen (secondary N) is 1. The number of rotatable bonds is 5. The second-order valence-corrected chi connectivity index (χ2v) is 5.32. The standard InChI is InChI=1S/C15H22N2O5/c1-15(2,3)22-14(18)17-16-9-10-7-12(20-5)13(21-6)8-11(10)19-4/h7-9H,1-6H3,(H,17,18)/b16-9+. The summed E-state index contributed by atoms with van der Waals surface area (Å²) in [6.45, 7) is 5.31. The average Bonchev–Trinajstić information content (AvgIpc) is 2.44. The van der Waals surface area contributed by atoms with Gasteiger partial charge in [-0.3, -0.25) is 0 Å². The van der Waals surface area contributed by atoms with Crippen LogP contribution in [0, 0.1) is 0 Å². The van der Waals surface area contributed by atoms with Gasteiger partial charge in [0.15, 0.2) is 11.5 Å². The minimum atomic E-state index is -0.636. The summed E-state index contributed by atoms with van der Waals surface area (Å²) in [5, 5.41) is 3.84. The molecule has 0 aliphatic rings. The van der Waals surface area contributed by atoms with Crippen molar-refractivity contribution in [3.63, 3.8) is 0 Å². The van der Waals surface area contributed by atoms with Crippen LogP contribution in [0.1, 0.15) is 26.3 Å². The molecule has 0 bridgehead atoms. The summed E-state index contributed by atoms with van der Waals surface area (Å²) in [4.78, 5) is 11.5. The number of methoxy groups -OCH3 is 3. The summed E-state index contributed by atoms with van der Waals surface area (Å²) in [6.07, 6.45) is 0.799. The van der Waals surface area contributed by atoms with Gasteiger partial charge in [-0.25, -0.2) is 10.2 Å². The van der Waals surface area contributed by atoms with Crippen LogP contribution in [0.3, 0.4) is 0 Å². The van der Waals surface area contributed by atoms with Gasteiger partial charge in [0.25, 0.3) is 0 Å². The maximum atomic E-state index is 11.5. The molecule has 0 heterocycles. The molecule has 122 valence electrons. The summed E-state index contributed by atoms with van der Waals surface area (Å²) in [5.41, 5.74) is 2.32. The fraction of sp³-hybridized carbons (Fsp3) is 0.467. The Morgan fingerprint density at radius 3 is 2.09 bits per heavy atom. The first-order valence-electron chi connectivity index (χ1n) is 6.62. The molecule has 1 aromatic carbocycles. The van der Waals surface area contributed by atoms with Crippen molar-refractivity contribution in [1.29, 1.82) is 0 Å². The second-order valence-electron chi connectivity index (χ2n) is 5.32. The molecule has 0 unspecified atom stereocenters. The predicted octanol–water partition coefficient (Wildman–Crippen LogP) is 2.57. The maximum absolute atomic E-state index is 11.5. The highest BCUT2D eigenvalue weighted by molar-refractivity contribution is 5.86. The Bertz CT molecular complexity index is 550. The van der Waals surface area contributed by atoms with Gasteiger partial charge in [0.1, 0.15) is 11.4 Å². The van der Waals surface area contributed by atoms with Crippen molar-refractivity contribution < 1.29 is 23.7 Å². The molecule has 0 radical (unpaired) electrons. The van der Waals surface area contributed by atoms with Crippen molar-refractivity contribution in [3.8, 4) is 17.2 Å². The Kier molecular flexibility index (Phi) is 6.03. The molecule has 0 spiro atoms. The largest absolute Gasteiger partial charge is 0.496 e. The lowest BCUT2D eigenvalue weighted by Gasteiger charge is -2.18. The minimum absolute atomic E-state index is 0.530. The number of hydrazone groups is 1. The minimum Gasteiger partial charge on any atom is -0.496 e. The van der Waals surface area contributed by atoms with Crippen LogP contribution in [0.5, 0.6) is 17.2 Å². The van der Waals surface area contributed by atoms with Gasteiger partial charge in [0.2, 0.25) is 0 Å². The van der Waals surface area contributed by atoms with Crippen molar-refractivity contribution >= 4 is 12.3 Å². The van der Waals surface area contributed by atoms with Gasteiger partial charge in [-0.1, -0.05) is 0 Å². The Labute approximate surface area is 130 Å². The monoisotopic (exact) mass is 310 g/mol. The summed E-state index contributed by atoms with van der Waals surface area (Å²) < 4.78 is 20.7. The van der Waals surface area contributed by atoms with Crippen LogP contribution in [0.15, 0.2) is 17.2 Å². The normalized spacial score (nSPS) is 11.2. The predicted molar refractivity (Wildman–Crippen MR) is 83.1 cm³/mol. The van der Waals surface area contributed by atoms with E-state index in [1.165, 1.54) is 27.5 Å². The Hall–Kier alpha value is -2.44. The lowest BCUT2D eigenvalue weighted by Crippen LogP contribution is -2.29. The molecule has 0 aliphatic carbocycles. The van der Waals surface area contributed by atoms with Crippen LogP contribution in [-0.2, 0) is 4.74 Å². The lowest BCUT2D eigenvalue weighted by molar-refractivity contribution is 0.0529. The topological polar surface area (TPSA) is 78.4 Å². The fourth-order valence-electron chi connectivity index (χ4n) is 1.61. The van der Waals surface area contributed by atoms with Gasteiger partial charge >= 0.3 is 6.09 Å². The van der Waals surface area contributed by atoms with Crippen LogP contribution in [0.25, 0.3) is 0 Å². The zero-order valence-electron chi connectivity index (χ0n) is 13.7. The third-order valence-electron chi connectivity index (χ3n) is 2.49. The highest BCUT2D eigenvalue weighted by Crippen LogP contribution is 2.33. The summed E-state index contributed by atoms with van der Waals surface area (Å²) in [7, 11) is 4.60. The molecule has 7 heteroatoms. The van der Waals surface area contributed by atoms with E-state index in [4.69, 9.17) is 18.9 Å². The molecule has 1 amide bonds. The van der Waals surface area contributed by atoms with Crippen molar-refractivity contribution in [3.05, 3.63) is 17.7 Å². The number of carbonyl (C=O) groups is 1. The number of benzene rings is 1. The van der Waals surface area contributed by atoms with Gasteiger partial charge in [-0.05, 0) is 26.8 Å². The van der Waals surface area contributed by atoms with Gasteiger partial charge in [-0.2, -0.15) is 5.10 Å². The van der Waals surface area contributed by atoms with Crippen molar-refractivity contribution in [2.75, 3.05) is 21.3 Å². The van der Waals surface area contributed by atoms with Crippen molar-refractivity contribution in [1.82, 2.24) is 5.43 Å². The van der Waals surface area contributed by atoms with E-state index in [-0.39, 0.29) is 0 Å². The molecular weight excluding hydrogens is 288 g/mol. The van der Waals surface area contributed by atoms with E-state index in [0.29, 0.717) is 22.8 Å². The van der Waals surface area contributed by atoms with E-state index in [1.54, 1.807) is 32.9 Å². The van der Waals surface area contributed by atoms with Gasteiger partial charge < -0.3 is 18.9 Å². The number of hydrogen-bond donors (Lipinski definition) is 1. The van der Waals surface area contributed by atoms with Crippen molar-refractivity contribution in [2.45, 2.75) is 26.4 Å². The molecule has 7 nitrogen and oxygen atoms in total. The van der Waals surface area contributed by atoms with E-state index in [2.05, 4.69) is 10.5 Å². The molecule has 0 aliphatic heterocycles. The number of ether oxygens (including phenoxy) is 4. The molecule has 1 N–H and O–H groups in total. The van der Waals surface area contributed by atoms with Crippen LogP contribution >= 0.6 is 0 Å². The Balaban J connectivity index is 2.88. The third-order valence-corrected chi connectivity index (χ3v) is 2.49. The van der Waals surface area contributed by atoms with E-state index >= 15 is 0 Å². The molecule has 1 aromatic rings. The molecule has 0 fully saturated rings. The molecule has 1 rings (SSSR count). The average molecular weight is 310 g/mol. The first-order valence-corrected chi connectivity index (χ1v) is 6.62. The highest BCUT2D eigenvalue weighted by Gasteiger charge is 2.15. The van der Waals surface area contributed by atoms with Crippen LogP contribution < -0.4 is 19.6 Å². The summed E-state index contributed by atoms with van der Waals surface area (Å²) in [5.74, 6) is 1.60. The van der Waals surface area contributed by atoms with Crippen molar-refractivity contribution in [2.24, 2.45) is 5.10 Å². The molecule has 0 saturated carbocycles. The maximum Gasteiger partial charge on any atom is 0.428 e. The summed E-state index contributed by atoms with van der Waals surface area (Å²) >= 11 is 0. The number of amides is 1. The van der Waals surface area contributed by atoms with E-state index < -0.39 is 11.7 Å². The van der Waals surface area contributed by atoms with Crippen LogP contribution in [0.4, 0.5) is 4.79 Å². The number of hydrogen-bond acceptors (Lipinski definition) is 6. The zero-order valence-corrected chi connectivity index (χ0v) is 13.7. The zero-order chi connectivity index (χ0) is 16.8. The quantitative estimate of drug-likeness (QED) is 0.668. The molecular formula is C15H22N2O5.